The minimum absolute atomic E-state index is 0.0237. The van der Waals surface area contributed by atoms with Crippen LogP contribution in [0.4, 0.5) is 0 Å². The number of amides is 1. The van der Waals surface area contributed by atoms with Gasteiger partial charge < -0.3 is 5.32 Å². The average molecular weight is 472 g/mol. The van der Waals surface area contributed by atoms with Gasteiger partial charge in [0.1, 0.15) is 0 Å². The molecule has 2 heterocycles. The SMILES string of the molecule is CC(C)c1ccccc1-n1c(SCC(=O)N[C@@H]2CCS(=O)(=O)C2)nc2ccccc2c1=O. The van der Waals surface area contributed by atoms with Crippen LogP contribution in [-0.4, -0.2) is 47.2 Å². The third-order valence-corrected chi connectivity index (χ3v) is 8.18. The summed E-state index contributed by atoms with van der Waals surface area (Å²) in [4.78, 5) is 30.7. The predicted molar refractivity (Wildman–Crippen MR) is 127 cm³/mol. The third-order valence-electron chi connectivity index (χ3n) is 5.47. The molecule has 1 aliphatic heterocycles. The largest absolute Gasteiger partial charge is 0.352 e. The lowest BCUT2D eigenvalue weighted by Crippen LogP contribution is -2.36. The smallest absolute Gasteiger partial charge is 0.266 e. The Morgan fingerprint density at radius 2 is 1.91 bits per heavy atom. The van der Waals surface area contributed by atoms with Crippen molar-refractivity contribution in [3.05, 3.63) is 64.4 Å². The Balaban J connectivity index is 1.69. The van der Waals surface area contributed by atoms with Gasteiger partial charge in [0.15, 0.2) is 15.0 Å². The summed E-state index contributed by atoms with van der Waals surface area (Å²) < 4.78 is 24.9. The van der Waals surface area contributed by atoms with Gasteiger partial charge in [0.2, 0.25) is 5.91 Å². The van der Waals surface area contributed by atoms with Crippen LogP contribution in [0.25, 0.3) is 16.6 Å². The zero-order chi connectivity index (χ0) is 22.9. The molecule has 0 unspecified atom stereocenters. The monoisotopic (exact) mass is 471 g/mol. The molecule has 9 heteroatoms. The van der Waals surface area contributed by atoms with Gasteiger partial charge in [-0.25, -0.2) is 13.4 Å². The van der Waals surface area contributed by atoms with Crippen molar-refractivity contribution in [3.63, 3.8) is 0 Å². The molecule has 1 amide bonds. The summed E-state index contributed by atoms with van der Waals surface area (Å²) in [6, 6.07) is 14.5. The Morgan fingerprint density at radius 1 is 1.19 bits per heavy atom. The van der Waals surface area contributed by atoms with Crippen LogP contribution in [0.15, 0.2) is 58.5 Å². The highest BCUT2D eigenvalue weighted by molar-refractivity contribution is 7.99. The number of nitrogens with zero attached hydrogens (tertiary/aromatic N) is 2. The molecule has 4 rings (SSSR count). The van der Waals surface area contributed by atoms with Crippen LogP contribution in [0, 0.1) is 0 Å². The zero-order valence-electron chi connectivity index (χ0n) is 17.9. The fourth-order valence-electron chi connectivity index (χ4n) is 3.91. The maximum absolute atomic E-state index is 13.5. The standard InChI is InChI=1S/C23H25N3O4S2/c1-15(2)17-7-4-6-10-20(17)26-22(28)18-8-3-5-9-19(18)25-23(26)31-13-21(27)24-16-11-12-32(29,30)14-16/h3-10,15-16H,11-14H2,1-2H3,(H,24,27)/t16-/m1/s1. The lowest BCUT2D eigenvalue weighted by atomic mass is 10.0. The van der Waals surface area contributed by atoms with Gasteiger partial charge in [-0.1, -0.05) is 55.9 Å². The second-order valence-electron chi connectivity index (χ2n) is 8.22. The number of thioether (sulfide) groups is 1. The Labute approximate surface area is 191 Å². The second-order valence-corrected chi connectivity index (χ2v) is 11.4. The molecule has 1 atom stereocenters. The van der Waals surface area contributed by atoms with Gasteiger partial charge in [-0.05, 0) is 36.1 Å². The van der Waals surface area contributed by atoms with Crippen molar-refractivity contribution >= 4 is 38.4 Å². The first-order valence-electron chi connectivity index (χ1n) is 10.5. The summed E-state index contributed by atoms with van der Waals surface area (Å²) in [5.74, 6) is 0.0243. The maximum Gasteiger partial charge on any atom is 0.266 e. The van der Waals surface area contributed by atoms with Gasteiger partial charge in [-0.2, -0.15) is 0 Å². The molecule has 0 saturated carbocycles. The van der Waals surface area contributed by atoms with Crippen LogP contribution >= 0.6 is 11.8 Å². The Bertz CT molecular complexity index is 1330. The molecule has 7 nitrogen and oxygen atoms in total. The molecule has 32 heavy (non-hydrogen) atoms. The normalized spacial score (nSPS) is 17.7. The highest BCUT2D eigenvalue weighted by Gasteiger charge is 2.29. The lowest BCUT2D eigenvalue weighted by molar-refractivity contribution is -0.119. The van der Waals surface area contributed by atoms with Crippen molar-refractivity contribution in [1.82, 2.24) is 14.9 Å². The molecule has 168 valence electrons. The summed E-state index contributed by atoms with van der Waals surface area (Å²) in [6.07, 6.45) is 0.430. The van der Waals surface area contributed by atoms with Crippen molar-refractivity contribution in [2.75, 3.05) is 17.3 Å². The topological polar surface area (TPSA) is 98.1 Å². The number of hydrogen-bond acceptors (Lipinski definition) is 6. The van der Waals surface area contributed by atoms with Gasteiger partial charge >= 0.3 is 0 Å². The van der Waals surface area contributed by atoms with E-state index in [0.717, 1.165) is 11.3 Å². The van der Waals surface area contributed by atoms with Crippen molar-refractivity contribution in [2.45, 2.75) is 37.4 Å². The number of nitrogens with one attached hydrogen (secondary N) is 1. The maximum atomic E-state index is 13.5. The quantitative estimate of drug-likeness (QED) is 0.439. The van der Waals surface area contributed by atoms with Gasteiger partial charge in [0.05, 0.1) is 33.8 Å². The van der Waals surface area contributed by atoms with Gasteiger partial charge in [-0.15, -0.1) is 0 Å². The molecule has 2 aromatic carbocycles. The molecule has 1 aromatic heterocycles. The fraction of sp³-hybridized carbons (Fsp3) is 0.348. The van der Waals surface area contributed by atoms with Crippen LogP contribution in [0.3, 0.4) is 0 Å². The van der Waals surface area contributed by atoms with Crippen LogP contribution < -0.4 is 10.9 Å². The van der Waals surface area contributed by atoms with E-state index in [4.69, 9.17) is 0 Å². The van der Waals surface area contributed by atoms with Crippen molar-refractivity contribution < 1.29 is 13.2 Å². The number of carbonyl (C=O) groups excluding carboxylic acids is 1. The number of carbonyl (C=O) groups is 1. The Morgan fingerprint density at radius 3 is 2.62 bits per heavy atom. The molecule has 0 spiro atoms. The van der Waals surface area contributed by atoms with E-state index < -0.39 is 9.84 Å². The van der Waals surface area contributed by atoms with E-state index in [-0.39, 0.29) is 40.7 Å². The molecule has 1 fully saturated rings. The third kappa shape index (κ3) is 4.73. The Hall–Kier alpha value is -2.65. The number of aromatic nitrogens is 2. The molecular weight excluding hydrogens is 446 g/mol. The number of para-hydroxylation sites is 2. The highest BCUT2D eigenvalue weighted by atomic mass is 32.2. The average Bonchev–Trinajstić information content (AvgIpc) is 3.10. The van der Waals surface area contributed by atoms with E-state index in [1.165, 1.54) is 11.8 Å². The summed E-state index contributed by atoms with van der Waals surface area (Å²) in [7, 11) is -3.07. The molecular formula is C23H25N3O4S2. The van der Waals surface area contributed by atoms with E-state index >= 15 is 0 Å². The Kier molecular flexibility index (Phi) is 6.39. The number of benzene rings is 2. The number of hydrogen-bond donors (Lipinski definition) is 1. The molecule has 0 aliphatic carbocycles. The highest BCUT2D eigenvalue weighted by Crippen LogP contribution is 2.27. The van der Waals surface area contributed by atoms with Crippen molar-refractivity contribution in [1.29, 1.82) is 0 Å². The lowest BCUT2D eigenvalue weighted by Gasteiger charge is -2.18. The van der Waals surface area contributed by atoms with E-state index in [2.05, 4.69) is 24.1 Å². The van der Waals surface area contributed by atoms with E-state index in [1.807, 2.05) is 30.3 Å². The first-order valence-corrected chi connectivity index (χ1v) is 13.3. The van der Waals surface area contributed by atoms with Crippen LogP contribution in [-0.2, 0) is 14.6 Å². The first kappa shape index (κ1) is 22.5. The van der Waals surface area contributed by atoms with E-state index in [9.17, 15) is 18.0 Å². The summed E-state index contributed by atoms with van der Waals surface area (Å²) in [6.45, 7) is 4.13. The van der Waals surface area contributed by atoms with E-state index in [0.29, 0.717) is 22.5 Å². The minimum atomic E-state index is -3.07. The molecule has 1 aliphatic rings. The molecule has 3 aromatic rings. The van der Waals surface area contributed by atoms with Crippen LogP contribution in [0.5, 0.6) is 0 Å². The van der Waals surface area contributed by atoms with Crippen LogP contribution in [0.1, 0.15) is 31.7 Å². The predicted octanol–water partition coefficient (Wildman–Crippen LogP) is 2.90. The number of sulfone groups is 1. The molecule has 0 bridgehead atoms. The summed E-state index contributed by atoms with van der Waals surface area (Å²) in [5.41, 5.74) is 2.14. The zero-order valence-corrected chi connectivity index (χ0v) is 19.6. The summed E-state index contributed by atoms with van der Waals surface area (Å²) >= 11 is 1.17. The first-order chi connectivity index (χ1) is 15.2. The number of fused-ring (bicyclic) bond motifs is 1. The van der Waals surface area contributed by atoms with Crippen LogP contribution in [0.2, 0.25) is 0 Å². The molecule has 1 saturated heterocycles. The van der Waals surface area contributed by atoms with Gasteiger partial charge in [0.25, 0.3) is 5.56 Å². The van der Waals surface area contributed by atoms with Gasteiger partial charge in [-0.3, -0.25) is 14.2 Å². The molecule has 1 N–H and O–H groups in total. The van der Waals surface area contributed by atoms with Crippen molar-refractivity contribution in [2.24, 2.45) is 0 Å². The fourth-order valence-corrected chi connectivity index (χ4v) is 6.40. The summed E-state index contributed by atoms with van der Waals surface area (Å²) in [5, 5.41) is 3.73. The van der Waals surface area contributed by atoms with Gasteiger partial charge in [0, 0.05) is 6.04 Å². The minimum Gasteiger partial charge on any atom is -0.352 e. The van der Waals surface area contributed by atoms with E-state index in [1.54, 1.807) is 22.8 Å². The number of rotatable bonds is 6. The second kappa shape index (κ2) is 9.07. The van der Waals surface area contributed by atoms with Crippen molar-refractivity contribution in [3.8, 4) is 5.69 Å². The molecule has 0 radical (unpaired) electrons.